The van der Waals surface area contributed by atoms with Gasteiger partial charge in [0.05, 0.1) is 5.75 Å². The molecule has 1 heterocycles. The molecule has 0 bridgehead atoms. The molecule has 0 aromatic heterocycles. The molecular formula is C19H20F3N3O3S. The minimum absolute atomic E-state index is 0.246. The van der Waals surface area contributed by atoms with Gasteiger partial charge in [0.1, 0.15) is 23.0 Å². The summed E-state index contributed by atoms with van der Waals surface area (Å²) < 4.78 is 66.5. The lowest BCUT2D eigenvalue weighted by atomic mass is 10.2. The van der Waals surface area contributed by atoms with Crippen molar-refractivity contribution in [2.24, 2.45) is 0 Å². The van der Waals surface area contributed by atoms with Crippen LogP contribution in [0.5, 0.6) is 0 Å². The van der Waals surface area contributed by atoms with E-state index in [1.54, 1.807) is 12.1 Å². The van der Waals surface area contributed by atoms with Crippen LogP contribution in [0, 0.1) is 17.5 Å². The number of halogens is 3. The lowest BCUT2D eigenvalue weighted by Crippen LogP contribution is -2.50. The minimum atomic E-state index is -3.65. The van der Waals surface area contributed by atoms with Gasteiger partial charge in [-0.3, -0.25) is 4.79 Å². The molecule has 1 saturated heterocycles. The van der Waals surface area contributed by atoms with Crippen LogP contribution in [0.4, 0.5) is 18.9 Å². The molecule has 0 radical (unpaired) electrons. The fourth-order valence-corrected chi connectivity index (χ4v) is 4.44. The zero-order chi connectivity index (χ0) is 21.0. The molecule has 156 valence electrons. The van der Waals surface area contributed by atoms with E-state index >= 15 is 0 Å². The van der Waals surface area contributed by atoms with Crippen LogP contribution >= 0.6 is 0 Å². The van der Waals surface area contributed by atoms with Gasteiger partial charge in [-0.1, -0.05) is 6.07 Å². The van der Waals surface area contributed by atoms with Gasteiger partial charge in [0, 0.05) is 38.4 Å². The van der Waals surface area contributed by atoms with Gasteiger partial charge in [0.25, 0.3) is 5.91 Å². The van der Waals surface area contributed by atoms with Gasteiger partial charge >= 0.3 is 0 Å². The fraction of sp³-hybridized carbons (Fsp3) is 0.316. The Morgan fingerprint density at radius 3 is 2.10 bits per heavy atom. The highest BCUT2D eigenvalue weighted by molar-refractivity contribution is 7.89. The molecule has 1 aliphatic rings. The van der Waals surface area contributed by atoms with E-state index in [0.717, 1.165) is 23.9 Å². The first-order valence-electron chi connectivity index (χ1n) is 8.98. The van der Waals surface area contributed by atoms with Crippen molar-refractivity contribution in [3.8, 4) is 0 Å². The average molecular weight is 427 g/mol. The molecule has 0 unspecified atom stereocenters. The fourth-order valence-electron chi connectivity index (χ4n) is 3.10. The highest BCUT2D eigenvalue weighted by Gasteiger charge is 2.27. The molecule has 0 aliphatic carbocycles. The van der Waals surface area contributed by atoms with Crippen molar-refractivity contribution in [1.29, 1.82) is 0 Å². The summed E-state index contributed by atoms with van der Waals surface area (Å²) in [4.78, 5) is 13.9. The van der Waals surface area contributed by atoms with Crippen LogP contribution in [0.1, 0.15) is 10.4 Å². The van der Waals surface area contributed by atoms with Gasteiger partial charge in [-0.25, -0.2) is 21.6 Å². The first-order valence-corrected chi connectivity index (χ1v) is 10.6. The number of carbonyl (C=O) groups is 1. The van der Waals surface area contributed by atoms with Gasteiger partial charge in [-0.2, -0.15) is 4.31 Å². The van der Waals surface area contributed by atoms with Crippen molar-refractivity contribution >= 4 is 21.6 Å². The molecule has 0 atom stereocenters. The Hall–Kier alpha value is -2.59. The number of carbonyl (C=O) groups excluding carboxylic acids is 1. The van der Waals surface area contributed by atoms with E-state index in [9.17, 15) is 26.4 Å². The molecule has 1 amide bonds. The number of nitrogens with one attached hydrogen (secondary N) is 1. The predicted molar refractivity (Wildman–Crippen MR) is 103 cm³/mol. The zero-order valence-electron chi connectivity index (χ0n) is 15.4. The molecule has 6 nitrogen and oxygen atoms in total. The van der Waals surface area contributed by atoms with Crippen molar-refractivity contribution in [2.45, 2.75) is 0 Å². The third kappa shape index (κ3) is 5.07. The van der Waals surface area contributed by atoms with Crippen LogP contribution in [0.2, 0.25) is 0 Å². The number of hydrogen-bond acceptors (Lipinski definition) is 4. The molecule has 0 spiro atoms. The smallest absolute Gasteiger partial charge is 0.257 e. The molecule has 0 saturated carbocycles. The second-order valence-corrected chi connectivity index (χ2v) is 8.62. The Morgan fingerprint density at radius 1 is 0.931 bits per heavy atom. The minimum Gasteiger partial charge on any atom is -0.369 e. The second kappa shape index (κ2) is 8.83. The van der Waals surface area contributed by atoms with Crippen LogP contribution in [-0.2, 0) is 10.0 Å². The van der Waals surface area contributed by atoms with Crippen molar-refractivity contribution in [3.05, 3.63) is 65.5 Å². The summed E-state index contributed by atoms with van der Waals surface area (Å²) in [6, 6.07) is 9.01. The summed E-state index contributed by atoms with van der Waals surface area (Å²) in [6.07, 6.45) is 0. The molecule has 1 fully saturated rings. The number of piperazine rings is 1. The maximum atomic E-state index is 13.6. The quantitative estimate of drug-likeness (QED) is 0.766. The molecule has 1 aliphatic heterocycles. The van der Waals surface area contributed by atoms with Gasteiger partial charge in [-0.05, 0) is 36.4 Å². The molecule has 10 heteroatoms. The van der Waals surface area contributed by atoms with Crippen LogP contribution in [-0.4, -0.2) is 57.1 Å². The highest BCUT2D eigenvalue weighted by Crippen LogP contribution is 2.18. The van der Waals surface area contributed by atoms with Crippen LogP contribution in [0.15, 0.2) is 42.5 Å². The molecule has 2 aromatic rings. The lowest BCUT2D eigenvalue weighted by molar-refractivity contribution is 0.0947. The summed E-state index contributed by atoms with van der Waals surface area (Å²) in [5.41, 5.74) is 0.0698. The summed E-state index contributed by atoms with van der Waals surface area (Å²) in [5, 5.41) is 2.25. The molecule has 3 rings (SSSR count). The van der Waals surface area contributed by atoms with Gasteiger partial charge in [0.2, 0.25) is 10.0 Å². The SMILES string of the molecule is O=C(NCCS(=O)(=O)N1CCN(c2ccc(F)cc2)CC1)c1c(F)cccc1F. The summed E-state index contributed by atoms with van der Waals surface area (Å²) in [6.45, 7) is 1.10. The van der Waals surface area contributed by atoms with E-state index < -0.39 is 33.1 Å². The maximum absolute atomic E-state index is 13.6. The Bertz CT molecular complexity index is 956. The monoisotopic (exact) mass is 427 g/mol. The van der Waals surface area contributed by atoms with Crippen LogP contribution in [0.25, 0.3) is 0 Å². The summed E-state index contributed by atoms with van der Waals surface area (Å²) >= 11 is 0. The van der Waals surface area contributed by atoms with Gasteiger partial charge in [-0.15, -0.1) is 0 Å². The number of amides is 1. The van der Waals surface area contributed by atoms with Gasteiger partial charge < -0.3 is 10.2 Å². The summed E-state index contributed by atoms with van der Waals surface area (Å²) in [7, 11) is -3.65. The van der Waals surface area contributed by atoms with E-state index in [1.807, 2.05) is 4.90 Å². The number of nitrogens with zero attached hydrogens (tertiary/aromatic N) is 2. The standard InChI is InChI=1S/C19H20F3N3O3S/c20-14-4-6-15(7-5-14)24-9-11-25(12-10-24)29(27,28)13-8-23-19(26)18-16(21)2-1-3-17(18)22/h1-7H,8-13H2,(H,23,26). The Morgan fingerprint density at radius 2 is 1.52 bits per heavy atom. The normalized spacial score (nSPS) is 15.3. The largest absolute Gasteiger partial charge is 0.369 e. The predicted octanol–water partition coefficient (Wildman–Crippen LogP) is 1.99. The summed E-state index contributed by atoms with van der Waals surface area (Å²) in [5.74, 6) is -3.75. The third-order valence-corrected chi connectivity index (χ3v) is 6.53. The highest BCUT2D eigenvalue weighted by atomic mass is 32.2. The number of rotatable bonds is 6. The Kier molecular flexibility index (Phi) is 6.43. The van der Waals surface area contributed by atoms with Crippen molar-refractivity contribution < 1.29 is 26.4 Å². The van der Waals surface area contributed by atoms with E-state index in [1.165, 1.54) is 16.4 Å². The van der Waals surface area contributed by atoms with Crippen molar-refractivity contribution in [1.82, 2.24) is 9.62 Å². The number of anilines is 1. The Labute approximate surface area is 167 Å². The number of benzene rings is 2. The zero-order valence-corrected chi connectivity index (χ0v) is 16.3. The first kappa shape index (κ1) is 21.1. The van der Waals surface area contributed by atoms with E-state index in [0.29, 0.717) is 13.1 Å². The third-order valence-electron chi connectivity index (χ3n) is 4.66. The van der Waals surface area contributed by atoms with Crippen LogP contribution in [0.3, 0.4) is 0 Å². The molecule has 2 aromatic carbocycles. The molecule has 1 N–H and O–H groups in total. The molecule has 29 heavy (non-hydrogen) atoms. The Balaban J connectivity index is 1.51. The second-order valence-electron chi connectivity index (χ2n) is 6.53. The number of sulfonamides is 1. The van der Waals surface area contributed by atoms with Crippen LogP contribution < -0.4 is 10.2 Å². The first-order chi connectivity index (χ1) is 13.8. The van der Waals surface area contributed by atoms with Crippen molar-refractivity contribution in [2.75, 3.05) is 43.4 Å². The van der Waals surface area contributed by atoms with E-state index in [4.69, 9.17) is 0 Å². The lowest BCUT2D eigenvalue weighted by Gasteiger charge is -2.35. The maximum Gasteiger partial charge on any atom is 0.257 e. The van der Waals surface area contributed by atoms with Crippen molar-refractivity contribution in [3.63, 3.8) is 0 Å². The number of hydrogen-bond donors (Lipinski definition) is 1. The average Bonchev–Trinajstić information content (AvgIpc) is 2.68. The van der Waals surface area contributed by atoms with E-state index in [-0.39, 0.29) is 31.2 Å². The van der Waals surface area contributed by atoms with Gasteiger partial charge in [0.15, 0.2) is 0 Å². The molecular weight excluding hydrogens is 407 g/mol. The topological polar surface area (TPSA) is 69.7 Å². The van der Waals surface area contributed by atoms with E-state index in [2.05, 4.69) is 5.32 Å².